The van der Waals surface area contributed by atoms with Gasteiger partial charge in [0.15, 0.2) is 5.75 Å². The second kappa shape index (κ2) is 6.61. The van der Waals surface area contributed by atoms with Crippen molar-refractivity contribution < 1.29 is 19.6 Å². The molecular formula is C14H19N3O5. The lowest BCUT2D eigenvalue weighted by Crippen LogP contribution is -2.54. The maximum absolute atomic E-state index is 11.9. The van der Waals surface area contributed by atoms with Gasteiger partial charge in [0.1, 0.15) is 0 Å². The van der Waals surface area contributed by atoms with E-state index in [0.717, 1.165) is 0 Å². The summed E-state index contributed by atoms with van der Waals surface area (Å²) in [7, 11) is 1.27. The first kappa shape index (κ1) is 16.0. The number of nitrogens with one attached hydrogen (secondary N) is 1. The van der Waals surface area contributed by atoms with E-state index in [1.807, 2.05) is 11.8 Å². The summed E-state index contributed by atoms with van der Waals surface area (Å²) in [6.07, 6.45) is 0.620. The minimum atomic E-state index is -0.571. The fourth-order valence-electron chi connectivity index (χ4n) is 2.74. The number of nitro benzene ring substituents is 1. The lowest BCUT2D eigenvalue weighted by atomic mass is 10.1. The number of hydrogen-bond acceptors (Lipinski definition) is 6. The van der Waals surface area contributed by atoms with Crippen LogP contribution in [0.3, 0.4) is 0 Å². The van der Waals surface area contributed by atoms with Gasteiger partial charge in [-0.15, -0.1) is 0 Å². The first-order valence-electron chi connectivity index (χ1n) is 7.04. The fraction of sp³-hybridized carbons (Fsp3) is 0.500. The number of amides is 1. The SMILES string of the molecule is CCC1C(=O)NCCN1Cc1ccc(O)c(OC)c1[N+](=O)[O-]. The van der Waals surface area contributed by atoms with E-state index in [2.05, 4.69) is 5.32 Å². The van der Waals surface area contributed by atoms with Gasteiger partial charge in [-0.05, 0) is 18.6 Å². The molecule has 0 radical (unpaired) electrons. The molecule has 1 fully saturated rings. The minimum Gasteiger partial charge on any atom is -0.504 e. The normalized spacial score (nSPS) is 18.8. The lowest BCUT2D eigenvalue weighted by Gasteiger charge is -2.34. The average Bonchev–Trinajstić information content (AvgIpc) is 2.48. The molecule has 1 unspecified atom stereocenters. The predicted octanol–water partition coefficient (Wildman–Crippen LogP) is 1.02. The predicted molar refractivity (Wildman–Crippen MR) is 78.8 cm³/mol. The van der Waals surface area contributed by atoms with E-state index < -0.39 is 4.92 Å². The number of aromatic hydroxyl groups is 1. The molecule has 0 saturated carbocycles. The molecule has 0 spiro atoms. The van der Waals surface area contributed by atoms with E-state index in [0.29, 0.717) is 25.1 Å². The number of hydrogen-bond donors (Lipinski definition) is 2. The Morgan fingerprint density at radius 2 is 2.27 bits per heavy atom. The Bertz CT molecular complexity index is 590. The van der Waals surface area contributed by atoms with Gasteiger partial charge in [-0.3, -0.25) is 19.8 Å². The molecule has 0 aliphatic carbocycles. The monoisotopic (exact) mass is 309 g/mol. The summed E-state index contributed by atoms with van der Waals surface area (Å²) in [4.78, 5) is 24.5. The van der Waals surface area contributed by atoms with Gasteiger partial charge in [0.25, 0.3) is 0 Å². The molecule has 8 heteroatoms. The smallest absolute Gasteiger partial charge is 0.319 e. The molecule has 1 aromatic rings. The van der Waals surface area contributed by atoms with E-state index in [9.17, 15) is 20.0 Å². The van der Waals surface area contributed by atoms with Crippen LogP contribution in [0.2, 0.25) is 0 Å². The second-order valence-corrected chi connectivity index (χ2v) is 5.07. The number of carbonyl (C=O) groups excluding carboxylic acids is 1. The van der Waals surface area contributed by atoms with Gasteiger partial charge in [-0.1, -0.05) is 6.92 Å². The number of nitro groups is 1. The van der Waals surface area contributed by atoms with E-state index in [4.69, 9.17) is 4.74 Å². The van der Waals surface area contributed by atoms with Gasteiger partial charge < -0.3 is 15.2 Å². The number of methoxy groups -OCH3 is 1. The highest BCUT2D eigenvalue weighted by molar-refractivity contribution is 5.82. The molecule has 8 nitrogen and oxygen atoms in total. The van der Waals surface area contributed by atoms with Crippen molar-refractivity contribution in [1.82, 2.24) is 10.2 Å². The zero-order valence-corrected chi connectivity index (χ0v) is 12.5. The Labute approximate surface area is 127 Å². The van der Waals surface area contributed by atoms with Gasteiger partial charge in [0.05, 0.1) is 18.1 Å². The maximum atomic E-state index is 11.9. The highest BCUT2D eigenvalue weighted by Gasteiger charge is 2.31. The first-order valence-corrected chi connectivity index (χ1v) is 7.04. The van der Waals surface area contributed by atoms with Crippen molar-refractivity contribution in [2.45, 2.75) is 25.9 Å². The molecule has 0 bridgehead atoms. The molecule has 1 aliphatic heterocycles. The van der Waals surface area contributed by atoms with Crippen molar-refractivity contribution in [2.24, 2.45) is 0 Å². The lowest BCUT2D eigenvalue weighted by molar-refractivity contribution is -0.386. The quantitative estimate of drug-likeness (QED) is 0.621. The van der Waals surface area contributed by atoms with E-state index >= 15 is 0 Å². The second-order valence-electron chi connectivity index (χ2n) is 5.07. The average molecular weight is 309 g/mol. The number of piperazine rings is 1. The number of benzene rings is 1. The molecule has 0 aromatic heterocycles. The van der Waals surface area contributed by atoms with Crippen molar-refractivity contribution in [2.75, 3.05) is 20.2 Å². The summed E-state index contributed by atoms with van der Waals surface area (Å²) in [5.74, 6) is -0.500. The van der Waals surface area contributed by atoms with Crippen LogP contribution < -0.4 is 10.1 Å². The van der Waals surface area contributed by atoms with Crippen LogP contribution in [0.4, 0.5) is 5.69 Å². The van der Waals surface area contributed by atoms with Crippen LogP contribution in [0, 0.1) is 10.1 Å². The van der Waals surface area contributed by atoms with Crippen LogP contribution in [0.25, 0.3) is 0 Å². The van der Waals surface area contributed by atoms with Gasteiger partial charge in [0, 0.05) is 25.2 Å². The number of ether oxygens (including phenoxy) is 1. The fourth-order valence-corrected chi connectivity index (χ4v) is 2.74. The Kier molecular flexibility index (Phi) is 4.81. The van der Waals surface area contributed by atoms with Gasteiger partial charge in [0.2, 0.25) is 11.7 Å². The Hall–Kier alpha value is -2.35. The molecule has 1 amide bonds. The third-order valence-electron chi connectivity index (χ3n) is 3.78. The number of phenolic OH excluding ortho intramolecular Hbond substituents is 1. The van der Waals surface area contributed by atoms with Crippen molar-refractivity contribution in [3.63, 3.8) is 0 Å². The molecule has 1 atom stereocenters. The third kappa shape index (κ3) is 2.96. The molecule has 1 aliphatic rings. The van der Waals surface area contributed by atoms with Crippen LogP contribution in [0.1, 0.15) is 18.9 Å². The molecule has 1 heterocycles. The zero-order valence-electron chi connectivity index (χ0n) is 12.5. The molecule has 120 valence electrons. The number of nitrogens with zero attached hydrogens (tertiary/aromatic N) is 2. The van der Waals surface area contributed by atoms with Gasteiger partial charge in [-0.25, -0.2) is 0 Å². The molecule has 22 heavy (non-hydrogen) atoms. The summed E-state index contributed by atoms with van der Waals surface area (Å²) in [6, 6.07) is 2.55. The van der Waals surface area contributed by atoms with Gasteiger partial charge >= 0.3 is 5.69 Å². The summed E-state index contributed by atoms with van der Waals surface area (Å²) < 4.78 is 4.95. The zero-order chi connectivity index (χ0) is 16.3. The Morgan fingerprint density at radius 1 is 1.55 bits per heavy atom. The van der Waals surface area contributed by atoms with E-state index in [1.54, 1.807) is 0 Å². The molecule has 1 saturated heterocycles. The molecule has 1 aromatic carbocycles. The molecule has 2 N–H and O–H groups in total. The molecular weight excluding hydrogens is 290 g/mol. The van der Waals surface area contributed by atoms with Crippen LogP contribution >= 0.6 is 0 Å². The number of rotatable bonds is 5. The van der Waals surface area contributed by atoms with Gasteiger partial charge in [-0.2, -0.15) is 0 Å². The third-order valence-corrected chi connectivity index (χ3v) is 3.78. The standard InChI is InChI=1S/C14H19N3O5/c1-3-10-14(19)15-6-7-16(10)8-9-4-5-11(18)13(22-2)12(9)17(20)21/h4-5,10,18H,3,6-8H2,1-2H3,(H,15,19). The van der Waals surface area contributed by atoms with E-state index in [1.165, 1.54) is 19.2 Å². The van der Waals surface area contributed by atoms with E-state index in [-0.39, 0.29) is 35.7 Å². The van der Waals surface area contributed by atoms with Crippen LogP contribution in [-0.4, -0.2) is 47.1 Å². The number of carbonyl (C=O) groups is 1. The van der Waals surface area contributed by atoms with Crippen molar-refractivity contribution >= 4 is 11.6 Å². The summed E-state index contributed by atoms with van der Waals surface area (Å²) >= 11 is 0. The topological polar surface area (TPSA) is 105 Å². The van der Waals surface area contributed by atoms with Crippen molar-refractivity contribution in [3.05, 3.63) is 27.8 Å². The Morgan fingerprint density at radius 3 is 2.86 bits per heavy atom. The highest BCUT2D eigenvalue weighted by Crippen LogP contribution is 2.39. The van der Waals surface area contributed by atoms with Crippen molar-refractivity contribution in [1.29, 1.82) is 0 Å². The molecule has 2 rings (SSSR count). The van der Waals surface area contributed by atoms with Crippen LogP contribution in [0.15, 0.2) is 12.1 Å². The van der Waals surface area contributed by atoms with Crippen molar-refractivity contribution in [3.8, 4) is 11.5 Å². The summed E-state index contributed by atoms with van der Waals surface area (Å²) in [6.45, 7) is 3.27. The first-order chi connectivity index (χ1) is 10.5. The highest BCUT2D eigenvalue weighted by atomic mass is 16.6. The van der Waals surface area contributed by atoms with Crippen LogP contribution in [0.5, 0.6) is 11.5 Å². The summed E-state index contributed by atoms with van der Waals surface area (Å²) in [5, 5.41) is 23.8. The maximum Gasteiger partial charge on any atom is 0.319 e. The number of phenols is 1. The largest absolute Gasteiger partial charge is 0.504 e. The summed E-state index contributed by atoms with van der Waals surface area (Å²) in [5.41, 5.74) is 0.149. The minimum absolute atomic E-state index is 0.0675. The Balaban J connectivity index is 2.36. The van der Waals surface area contributed by atoms with Crippen LogP contribution in [-0.2, 0) is 11.3 Å².